The molecule has 0 bridgehead atoms. The van der Waals surface area contributed by atoms with E-state index in [1.807, 2.05) is 0 Å². The fraction of sp³-hybridized carbons (Fsp3) is 0.529. The van der Waals surface area contributed by atoms with Gasteiger partial charge in [0, 0.05) is 18.7 Å². The van der Waals surface area contributed by atoms with Gasteiger partial charge in [0.1, 0.15) is 0 Å². The first kappa shape index (κ1) is 16.8. The zero-order chi connectivity index (χ0) is 17.5. The first-order valence-electron chi connectivity index (χ1n) is 8.01. The molecule has 1 saturated carbocycles. The lowest BCUT2D eigenvalue weighted by atomic mass is 9.93. The van der Waals surface area contributed by atoms with E-state index in [2.05, 4.69) is 0 Å². The number of rotatable bonds is 3. The molecular formula is C17H18F3NO3. The molecule has 130 valence electrons. The molecule has 1 aliphatic carbocycles. The highest BCUT2D eigenvalue weighted by molar-refractivity contribution is 6.00. The third kappa shape index (κ3) is 3.25. The van der Waals surface area contributed by atoms with Gasteiger partial charge >= 0.3 is 12.1 Å². The van der Waals surface area contributed by atoms with Gasteiger partial charge in [-0.3, -0.25) is 4.79 Å². The number of hydrogen-bond donors (Lipinski definition) is 1. The Morgan fingerprint density at radius 3 is 2.38 bits per heavy atom. The van der Waals surface area contributed by atoms with Crippen molar-refractivity contribution in [3.63, 3.8) is 0 Å². The average Bonchev–Trinajstić information content (AvgIpc) is 3.37. The quantitative estimate of drug-likeness (QED) is 0.912. The van der Waals surface area contributed by atoms with Gasteiger partial charge in [-0.25, -0.2) is 4.79 Å². The third-order valence-electron chi connectivity index (χ3n) is 4.72. The third-order valence-corrected chi connectivity index (χ3v) is 4.72. The number of halogens is 3. The number of piperidine rings is 1. The Morgan fingerprint density at radius 1 is 1.12 bits per heavy atom. The number of carboxylic acid groups (broad SMARTS) is 1. The van der Waals surface area contributed by atoms with Crippen molar-refractivity contribution in [2.45, 2.75) is 37.8 Å². The smallest absolute Gasteiger partial charge is 0.393 e. The first-order valence-corrected chi connectivity index (χ1v) is 8.01. The molecule has 1 aliphatic heterocycles. The van der Waals surface area contributed by atoms with Crippen LogP contribution in [0.25, 0.3) is 0 Å². The summed E-state index contributed by atoms with van der Waals surface area (Å²) in [6.45, 7) is -0.0867. The van der Waals surface area contributed by atoms with Crippen molar-refractivity contribution in [1.82, 2.24) is 4.90 Å². The van der Waals surface area contributed by atoms with E-state index in [1.165, 1.54) is 23.1 Å². The Balaban J connectivity index is 1.90. The van der Waals surface area contributed by atoms with Crippen LogP contribution in [0.3, 0.4) is 0 Å². The van der Waals surface area contributed by atoms with Crippen LogP contribution >= 0.6 is 0 Å². The summed E-state index contributed by atoms with van der Waals surface area (Å²) in [4.78, 5) is 25.4. The zero-order valence-electron chi connectivity index (χ0n) is 13.0. The topological polar surface area (TPSA) is 57.6 Å². The monoisotopic (exact) mass is 341 g/mol. The van der Waals surface area contributed by atoms with Gasteiger partial charge in [0.15, 0.2) is 0 Å². The summed E-state index contributed by atoms with van der Waals surface area (Å²) in [5.41, 5.74) is 0.789. The van der Waals surface area contributed by atoms with Gasteiger partial charge in [-0.15, -0.1) is 0 Å². The number of benzene rings is 1. The van der Waals surface area contributed by atoms with Gasteiger partial charge in [-0.1, -0.05) is 6.07 Å². The summed E-state index contributed by atoms with van der Waals surface area (Å²) in [5, 5.41) is 9.33. The molecule has 2 aliphatic rings. The number of alkyl halides is 3. The predicted octanol–water partition coefficient (Wildman–Crippen LogP) is 3.68. The minimum Gasteiger partial charge on any atom is -0.478 e. The van der Waals surface area contributed by atoms with Crippen LogP contribution in [0.5, 0.6) is 0 Å². The second-order valence-electron chi connectivity index (χ2n) is 6.48. The van der Waals surface area contributed by atoms with Gasteiger partial charge < -0.3 is 10.0 Å². The van der Waals surface area contributed by atoms with Crippen LogP contribution in [0.15, 0.2) is 18.2 Å². The van der Waals surface area contributed by atoms with Crippen LogP contribution in [0.2, 0.25) is 0 Å². The number of likely N-dealkylation sites (tertiary alicyclic amines) is 1. The molecule has 1 aromatic carbocycles. The van der Waals surface area contributed by atoms with Gasteiger partial charge in [0.2, 0.25) is 0 Å². The first-order chi connectivity index (χ1) is 11.3. The van der Waals surface area contributed by atoms with Crippen LogP contribution < -0.4 is 0 Å². The zero-order valence-corrected chi connectivity index (χ0v) is 13.0. The Hall–Kier alpha value is -2.05. The second-order valence-corrected chi connectivity index (χ2v) is 6.48. The van der Waals surface area contributed by atoms with E-state index in [0.717, 1.165) is 12.8 Å². The number of amides is 1. The normalized spacial score (nSPS) is 21.6. The van der Waals surface area contributed by atoms with Gasteiger partial charge in [-0.2, -0.15) is 13.2 Å². The highest BCUT2D eigenvalue weighted by Gasteiger charge is 2.43. The fourth-order valence-electron chi connectivity index (χ4n) is 3.35. The van der Waals surface area contributed by atoms with Crippen LogP contribution in [-0.2, 0) is 0 Å². The van der Waals surface area contributed by atoms with Crippen LogP contribution in [-0.4, -0.2) is 41.1 Å². The Bertz CT molecular complexity index is 668. The summed E-state index contributed by atoms with van der Waals surface area (Å²) in [7, 11) is 0. The molecule has 0 spiro atoms. The van der Waals surface area contributed by atoms with E-state index in [9.17, 15) is 27.9 Å². The lowest BCUT2D eigenvalue weighted by Crippen LogP contribution is -2.44. The van der Waals surface area contributed by atoms with Crippen molar-refractivity contribution in [1.29, 1.82) is 0 Å². The van der Waals surface area contributed by atoms with E-state index >= 15 is 0 Å². The lowest BCUT2D eigenvalue weighted by molar-refractivity contribution is -0.184. The molecule has 1 N–H and O–H groups in total. The average molecular weight is 341 g/mol. The van der Waals surface area contributed by atoms with E-state index in [4.69, 9.17) is 0 Å². The molecule has 2 fully saturated rings. The molecule has 0 radical (unpaired) electrons. The molecule has 7 heteroatoms. The molecule has 1 saturated heterocycles. The van der Waals surface area contributed by atoms with Crippen molar-refractivity contribution in [2.75, 3.05) is 13.1 Å². The fourth-order valence-corrected chi connectivity index (χ4v) is 3.35. The molecular weight excluding hydrogens is 323 g/mol. The number of carboxylic acids is 1. The van der Waals surface area contributed by atoms with Gasteiger partial charge in [-0.05, 0) is 49.3 Å². The molecule has 1 heterocycles. The molecule has 1 atom stereocenters. The molecule has 4 nitrogen and oxygen atoms in total. The maximum atomic E-state index is 13.0. The Kier molecular flexibility index (Phi) is 4.27. The molecule has 1 amide bonds. The second kappa shape index (κ2) is 6.11. The highest BCUT2D eigenvalue weighted by Crippen LogP contribution is 2.44. The van der Waals surface area contributed by atoms with Crippen LogP contribution in [0, 0.1) is 5.92 Å². The molecule has 1 aromatic rings. The standard InChI is InChI=1S/C17H18F3NO3/c18-17(19,20)11-3-2-8-21(9-11)15(22)12-4-1-5-13(16(23)24)14(12)10-6-7-10/h1,4-5,10-11H,2-3,6-9H2,(H,23,24). The molecule has 0 aromatic heterocycles. The largest absolute Gasteiger partial charge is 0.478 e. The maximum absolute atomic E-state index is 13.0. The van der Waals surface area contributed by atoms with Crippen molar-refractivity contribution in [3.8, 4) is 0 Å². The summed E-state index contributed by atoms with van der Waals surface area (Å²) in [6.07, 6.45) is -2.39. The Morgan fingerprint density at radius 2 is 1.79 bits per heavy atom. The van der Waals surface area contributed by atoms with E-state index in [1.54, 1.807) is 0 Å². The van der Waals surface area contributed by atoms with Crippen molar-refractivity contribution in [2.24, 2.45) is 5.92 Å². The van der Waals surface area contributed by atoms with E-state index in [0.29, 0.717) is 12.0 Å². The number of nitrogens with zero attached hydrogens (tertiary/aromatic N) is 1. The van der Waals surface area contributed by atoms with Crippen LogP contribution in [0.4, 0.5) is 13.2 Å². The maximum Gasteiger partial charge on any atom is 0.393 e. The van der Waals surface area contributed by atoms with E-state index in [-0.39, 0.29) is 36.6 Å². The number of carbonyl (C=O) groups is 2. The van der Waals surface area contributed by atoms with Crippen molar-refractivity contribution < 1.29 is 27.9 Å². The Labute approximate surface area is 137 Å². The van der Waals surface area contributed by atoms with Crippen molar-refractivity contribution in [3.05, 3.63) is 34.9 Å². The molecule has 24 heavy (non-hydrogen) atoms. The predicted molar refractivity (Wildman–Crippen MR) is 80.1 cm³/mol. The lowest BCUT2D eigenvalue weighted by Gasteiger charge is -2.34. The minimum absolute atomic E-state index is 0.0134. The number of carbonyl (C=O) groups excluding carboxylic acids is 1. The number of hydrogen-bond acceptors (Lipinski definition) is 2. The summed E-state index contributed by atoms with van der Waals surface area (Å²) >= 11 is 0. The summed E-state index contributed by atoms with van der Waals surface area (Å²) in [5.74, 6) is -3.10. The minimum atomic E-state index is -4.32. The van der Waals surface area contributed by atoms with Gasteiger partial charge in [0.25, 0.3) is 5.91 Å². The number of aromatic carboxylic acids is 1. The van der Waals surface area contributed by atoms with Crippen LogP contribution in [0.1, 0.15) is 57.9 Å². The highest BCUT2D eigenvalue weighted by atomic mass is 19.4. The van der Waals surface area contributed by atoms with Crippen molar-refractivity contribution >= 4 is 11.9 Å². The van der Waals surface area contributed by atoms with E-state index < -0.39 is 24.0 Å². The van der Waals surface area contributed by atoms with Gasteiger partial charge in [0.05, 0.1) is 11.5 Å². The summed E-state index contributed by atoms with van der Waals surface area (Å²) < 4.78 is 38.9. The molecule has 1 unspecified atom stereocenters. The molecule has 3 rings (SSSR count). The summed E-state index contributed by atoms with van der Waals surface area (Å²) in [6, 6.07) is 4.45. The SMILES string of the molecule is O=C(O)c1cccc(C(=O)N2CCCC(C(F)(F)F)C2)c1C1CC1.